The van der Waals surface area contributed by atoms with E-state index in [4.69, 9.17) is 4.74 Å². The van der Waals surface area contributed by atoms with Crippen molar-refractivity contribution in [3.05, 3.63) is 35.5 Å². The third-order valence-electron chi connectivity index (χ3n) is 3.36. The number of ether oxygens (including phenoxy) is 1. The van der Waals surface area contributed by atoms with Gasteiger partial charge in [0.1, 0.15) is 19.6 Å². The van der Waals surface area contributed by atoms with Crippen LogP contribution in [0.3, 0.4) is 0 Å². The van der Waals surface area contributed by atoms with Crippen LogP contribution in [0.1, 0.15) is 16.1 Å². The average Bonchev–Trinajstić information content (AvgIpc) is 2.79. The predicted octanol–water partition coefficient (Wildman–Crippen LogP) is 1.33. The van der Waals surface area contributed by atoms with Gasteiger partial charge in [-0.2, -0.15) is 5.26 Å². The lowest BCUT2D eigenvalue weighted by Gasteiger charge is -2.06. The van der Waals surface area contributed by atoms with E-state index in [0.29, 0.717) is 16.8 Å². The Balaban J connectivity index is 2.82. The molecule has 1 aromatic carbocycles. The number of nitriles is 1. The Morgan fingerprint density at radius 1 is 1.38 bits per heavy atom. The minimum atomic E-state index is -0.440. The van der Waals surface area contributed by atoms with Crippen LogP contribution in [0, 0.1) is 11.3 Å². The second-order valence-electron chi connectivity index (χ2n) is 4.64. The molecule has 0 N–H and O–H groups in total. The molecule has 106 valence electrons. The standard InChI is InChI=1S/C15H15BN2O2S/c1-18-13(15(19)20-2)12(11(8-17)14(18)21-3)9-4-6-10(16)7-5-9/h4-7H,16H2,1-3H3. The first kappa shape index (κ1) is 15.3. The Morgan fingerprint density at radius 3 is 2.48 bits per heavy atom. The van der Waals surface area contributed by atoms with Gasteiger partial charge in [-0.25, -0.2) is 4.79 Å². The summed E-state index contributed by atoms with van der Waals surface area (Å²) in [5.74, 6) is -0.440. The van der Waals surface area contributed by atoms with Crippen LogP contribution in [-0.2, 0) is 11.8 Å². The Bertz CT molecular complexity index is 730. The lowest BCUT2D eigenvalue weighted by Crippen LogP contribution is -2.09. The first-order valence-corrected chi connectivity index (χ1v) is 7.59. The Kier molecular flexibility index (Phi) is 4.44. The van der Waals surface area contributed by atoms with Crippen LogP contribution in [0.2, 0.25) is 0 Å². The molecule has 1 heterocycles. The van der Waals surface area contributed by atoms with Gasteiger partial charge in [0.2, 0.25) is 0 Å². The summed E-state index contributed by atoms with van der Waals surface area (Å²) in [5.41, 5.74) is 3.51. The third-order valence-corrected chi connectivity index (χ3v) is 4.23. The van der Waals surface area contributed by atoms with Gasteiger partial charge < -0.3 is 9.30 Å². The van der Waals surface area contributed by atoms with Crippen LogP contribution in [0.5, 0.6) is 0 Å². The van der Waals surface area contributed by atoms with Gasteiger partial charge in [-0.3, -0.25) is 0 Å². The summed E-state index contributed by atoms with van der Waals surface area (Å²) >= 11 is 1.44. The van der Waals surface area contributed by atoms with Crippen molar-refractivity contribution in [2.24, 2.45) is 7.05 Å². The lowest BCUT2D eigenvalue weighted by molar-refractivity contribution is 0.0590. The van der Waals surface area contributed by atoms with E-state index in [9.17, 15) is 10.1 Å². The number of thioether (sulfide) groups is 1. The number of nitrogens with zero attached hydrogens (tertiary/aromatic N) is 2. The number of methoxy groups -OCH3 is 1. The topological polar surface area (TPSA) is 55.0 Å². The number of esters is 1. The molecule has 1 aromatic heterocycles. The fourth-order valence-corrected chi connectivity index (χ4v) is 3.06. The van der Waals surface area contributed by atoms with E-state index in [1.807, 2.05) is 38.4 Å². The second kappa shape index (κ2) is 6.11. The molecule has 0 aliphatic heterocycles. The maximum atomic E-state index is 12.1. The van der Waals surface area contributed by atoms with E-state index in [2.05, 4.69) is 6.07 Å². The van der Waals surface area contributed by atoms with Crippen molar-refractivity contribution in [3.63, 3.8) is 0 Å². The molecule has 2 rings (SSSR count). The van der Waals surface area contributed by atoms with E-state index in [1.54, 1.807) is 11.6 Å². The minimum Gasteiger partial charge on any atom is -0.464 e. The van der Waals surface area contributed by atoms with Gasteiger partial charge in [0, 0.05) is 12.6 Å². The molecular formula is C15H15BN2O2S. The number of benzene rings is 1. The molecule has 0 spiro atoms. The summed E-state index contributed by atoms with van der Waals surface area (Å²) in [5, 5.41) is 10.3. The Labute approximate surface area is 129 Å². The van der Waals surface area contributed by atoms with Crippen molar-refractivity contribution in [2.75, 3.05) is 13.4 Å². The van der Waals surface area contributed by atoms with Crippen molar-refractivity contribution in [1.29, 1.82) is 5.26 Å². The number of hydrogen-bond acceptors (Lipinski definition) is 4. The van der Waals surface area contributed by atoms with E-state index in [1.165, 1.54) is 18.9 Å². The Hall–Kier alpha value is -2.13. The fourth-order valence-electron chi connectivity index (χ4n) is 2.34. The quantitative estimate of drug-likeness (QED) is 0.487. The zero-order valence-corrected chi connectivity index (χ0v) is 13.2. The van der Waals surface area contributed by atoms with Crippen LogP contribution in [0.15, 0.2) is 29.3 Å². The summed E-state index contributed by atoms with van der Waals surface area (Å²) in [4.78, 5) is 12.1. The number of rotatable bonds is 3. The van der Waals surface area contributed by atoms with Crippen molar-refractivity contribution >= 4 is 31.0 Å². The molecular weight excluding hydrogens is 283 g/mol. The van der Waals surface area contributed by atoms with Crippen LogP contribution in [0.4, 0.5) is 0 Å². The van der Waals surface area contributed by atoms with E-state index in [-0.39, 0.29) is 0 Å². The number of aromatic nitrogens is 1. The fraction of sp³-hybridized carbons (Fsp3) is 0.200. The molecule has 0 fully saturated rings. The van der Waals surface area contributed by atoms with Crippen LogP contribution in [-0.4, -0.2) is 31.7 Å². The first-order chi connectivity index (χ1) is 10.0. The molecule has 21 heavy (non-hydrogen) atoms. The number of carbonyl (C=O) groups is 1. The lowest BCUT2D eigenvalue weighted by atomic mass is 9.93. The second-order valence-corrected chi connectivity index (χ2v) is 5.43. The van der Waals surface area contributed by atoms with Gasteiger partial charge in [0.05, 0.1) is 17.7 Å². The van der Waals surface area contributed by atoms with Crippen LogP contribution >= 0.6 is 11.8 Å². The zero-order valence-electron chi connectivity index (χ0n) is 12.4. The third kappa shape index (κ3) is 2.57. The molecule has 4 nitrogen and oxygen atoms in total. The van der Waals surface area contributed by atoms with Crippen LogP contribution < -0.4 is 5.46 Å². The summed E-state index contributed by atoms with van der Waals surface area (Å²) in [6.45, 7) is 0. The number of hydrogen-bond donors (Lipinski definition) is 0. The van der Waals surface area contributed by atoms with Crippen molar-refractivity contribution in [3.8, 4) is 17.2 Å². The highest BCUT2D eigenvalue weighted by molar-refractivity contribution is 7.98. The van der Waals surface area contributed by atoms with Crippen LogP contribution in [0.25, 0.3) is 11.1 Å². The zero-order chi connectivity index (χ0) is 15.6. The highest BCUT2D eigenvalue weighted by Gasteiger charge is 2.26. The van der Waals surface area contributed by atoms with Crippen molar-refractivity contribution in [2.45, 2.75) is 5.03 Å². The maximum Gasteiger partial charge on any atom is 0.355 e. The molecule has 2 aromatic rings. The predicted molar refractivity (Wildman–Crippen MR) is 86.9 cm³/mol. The molecule has 0 bridgehead atoms. The molecule has 0 radical (unpaired) electrons. The highest BCUT2D eigenvalue weighted by Crippen LogP contribution is 2.36. The molecule has 0 aliphatic carbocycles. The normalized spacial score (nSPS) is 10.2. The molecule has 0 amide bonds. The van der Waals surface area contributed by atoms with Crippen molar-refractivity contribution < 1.29 is 9.53 Å². The highest BCUT2D eigenvalue weighted by atomic mass is 32.2. The Morgan fingerprint density at radius 2 is 2.00 bits per heavy atom. The molecule has 6 heteroatoms. The largest absolute Gasteiger partial charge is 0.464 e. The summed E-state index contributed by atoms with van der Waals surface area (Å²) in [6.07, 6.45) is 1.89. The van der Waals surface area contributed by atoms with E-state index >= 15 is 0 Å². The minimum absolute atomic E-state index is 0.405. The summed E-state index contributed by atoms with van der Waals surface area (Å²) in [6, 6.07) is 9.98. The van der Waals surface area contributed by atoms with Gasteiger partial charge >= 0.3 is 5.97 Å². The molecule has 0 unspecified atom stereocenters. The molecule has 0 atom stereocenters. The van der Waals surface area contributed by atoms with Gasteiger partial charge in [-0.1, -0.05) is 29.7 Å². The van der Waals surface area contributed by atoms with Gasteiger partial charge in [-0.15, -0.1) is 11.8 Å². The summed E-state index contributed by atoms with van der Waals surface area (Å²) in [7, 11) is 5.12. The monoisotopic (exact) mass is 298 g/mol. The van der Waals surface area contributed by atoms with Crippen molar-refractivity contribution in [1.82, 2.24) is 4.57 Å². The molecule has 0 saturated carbocycles. The molecule has 0 aliphatic rings. The van der Waals surface area contributed by atoms with E-state index < -0.39 is 5.97 Å². The van der Waals surface area contributed by atoms with Gasteiger partial charge in [-0.05, 0) is 11.8 Å². The average molecular weight is 298 g/mol. The van der Waals surface area contributed by atoms with E-state index in [0.717, 1.165) is 16.1 Å². The van der Waals surface area contributed by atoms with Gasteiger partial charge in [0.15, 0.2) is 0 Å². The SMILES string of the molecule is Bc1ccc(-c2c(C#N)c(SC)n(C)c2C(=O)OC)cc1. The summed E-state index contributed by atoms with van der Waals surface area (Å²) < 4.78 is 6.61. The first-order valence-electron chi connectivity index (χ1n) is 6.37. The van der Waals surface area contributed by atoms with Gasteiger partial charge in [0.25, 0.3) is 0 Å². The molecule has 0 saturated heterocycles. The smallest absolute Gasteiger partial charge is 0.355 e. The number of carbonyl (C=O) groups excluding carboxylic acids is 1. The maximum absolute atomic E-state index is 12.1.